The number of nitrogens with one attached hydrogen (secondary N) is 1. The molecule has 0 saturated carbocycles. The molecule has 3 aromatic rings. The first-order valence-electron chi connectivity index (χ1n) is 10.2. The van der Waals surface area contributed by atoms with E-state index in [0.29, 0.717) is 23.0 Å². The highest BCUT2D eigenvalue weighted by Crippen LogP contribution is 2.34. The lowest BCUT2D eigenvalue weighted by molar-refractivity contribution is -0.200. The second-order valence-corrected chi connectivity index (χ2v) is 8.03. The summed E-state index contributed by atoms with van der Waals surface area (Å²) in [6.45, 7) is 3.58. The number of anilines is 3. The normalized spacial score (nSPS) is 19.7. The van der Waals surface area contributed by atoms with Gasteiger partial charge in [-0.3, -0.25) is 0 Å². The van der Waals surface area contributed by atoms with Crippen LogP contribution in [0.2, 0.25) is 0 Å². The highest BCUT2D eigenvalue weighted by molar-refractivity contribution is 5.79. The van der Waals surface area contributed by atoms with Crippen LogP contribution < -0.4 is 10.2 Å². The number of hydrogen-bond donors (Lipinski definition) is 3. The van der Waals surface area contributed by atoms with Crippen molar-refractivity contribution in [3.63, 3.8) is 0 Å². The topological polar surface area (TPSA) is 112 Å². The van der Waals surface area contributed by atoms with Gasteiger partial charge in [-0.05, 0) is 26.3 Å². The van der Waals surface area contributed by atoms with E-state index in [0.717, 1.165) is 5.52 Å². The van der Waals surface area contributed by atoms with E-state index in [-0.39, 0.29) is 31.6 Å². The molecule has 172 valence electrons. The van der Waals surface area contributed by atoms with Crippen LogP contribution in [0, 0.1) is 5.92 Å². The first-order valence-corrected chi connectivity index (χ1v) is 10.2. The zero-order chi connectivity index (χ0) is 23.0. The summed E-state index contributed by atoms with van der Waals surface area (Å²) in [4.78, 5) is 18.6. The molecule has 9 nitrogen and oxygen atoms in total. The monoisotopic (exact) mass is 451 g/mol. The van der Waals surface area contributed by atoms with Gasteiger partial charge in [0.15, 0.2) is 0 Å². The van der Waals surface area contributed by atoms with Gasteiger partial charge in [0.2, 0.25) is 5.95 Å². The molecule has 0 amide bonds. The minimum absolute atomic E-state index is 0.0181. The van der Waals surface area contributed by atoms with Gasteiger partial charge in [0, 0.05) is 31.4 Å². The summed E-state index contributed by atoms with van der Waals surface area (Å²) in [5.74, 6) is -0.334. The molecule has 1 aliphatic rings. The molecule has 0 radical (unpaired) electrons. The highest BCUT2D eigenvalue weighted by Gasteiger charge is 2.47. The van der Waals surface area contributed by atoms with Crippen molar-refractivity contribution in [3.8, 4) is 0 Å². The van der Waals surface area contributed by atoms with Crippen molar-refractivity contribution >= 4 is 28.6 Å². The molecule has 3 N–H and O–H groups in total. The Bertz CT molecular complexity index is 1100. The quantitative estimate of drug-likeness (QED) is 0.543. The lowest BCUT2D eigenvalue weighted by Crippen LogP contribution is -2.49. The number of imidazole rings is 1. The van der Waals surface area contributed by atoms with Crippen molar-refractivity contribution in [1.82, 2.24) is 24.5 Å². The van der Waals surface area contributed by atoms with Crippen LogP contribution in [0.1, 0.15) is 32.1 Å². The largest absolute Gasteiger partial charge is 0.395 e. The Morgan fingerprint density at radius 3 is 2.69 bits per heavy atom. The number of aliphatic hydroxyl groups is 2. The van der Waals surface area contributed by atoms with Crippen LogP contribution in [-0.4, -0.2) is 60.1 Å². The molecule has 2 atom stereocenters. The molecule has 32 heavy (non-hydrogen) atoms. The van der Waals surface area contributed by atoms with Gasteiger partial charge in [0.05, 0.1) is 23.7 Å². The summed E-state index contributed by atoms with van der Waals surface area (Å²) < 4.78 is 41.6. The van der Waals surface area contributed by atoms with Crippen LogP contribution in [0.4, 0.5) is 30.8 Å². The fourth-order valence-corrected chi connectivity index (χ4v) is 3.95. The van der Waals surface area contributed by atoms with E-state index in [4.69, 9.17) is 0 Å². The van der Waals surface area contributed by atoms with Crippen molar-refractivity contribution in [2.24, 2.45) is 5.92 Å². The molecule has 1 fully saturated rings. The number of hydrogen-bond acceptors (Lipinski definition) is 8. The fraction of sp³-hybridized carbons (Fsp3) is 0.500. The average molecular weight is 451 g/mol. The summed E-state index contributed by atoms with van der Waals surface area (Å²) >= 11 is 0. The first-order chi connectivity index (χ1) is 15.2. The third-order valence-corrected chi connectivity index (χ3v) is 5.49. The number of nitrogens with zero attached hydrogens (tertiary/aromatic N) is 6. The van der Waals surface area contributed by atoms with Crippen LogP contribution >= 0.6 is 0 Å². The molecule has 0 bridgehead atoms. The number of aliphatic hydroxyl groups excluding tert-OH is 2. The van der Waals surface area contributed by atoms with Crippen molar-refractivity contribution in [2.45, 2.75) is 45.2 Å². The Balaban J connectivity index is 1.58. The summed E-state index contributed by atoms with van der Waals surface area (Å²) in [6, 6.07) is 3.44. The number of alkyl halides is 3. The lowest BCUT2D eigenvalue weighted by Gasteiger charge is -2.37. The molecular formula is C20H24F3N7O2. The van der Waals surface area contributed by atoms with Crippen LogP contribution in [0.3, 0.4) is 0 Å². The standard InChI is InChI=1S/C20H24F3N7O2/c1-11(2)30-14-7-17(25-8-13(14)26-18(30)10-31)27-16-3-5-24-19(28-16)29-6-4-15(32)12(9-29)20(21,22)23/h3,5,7-8,11-12,15,31-32H,4,6,9-10H2,1-2H3,(H,24,25,27,28)/t12-,15+/m0/s1. The SMILES string of the molecule is CC(C)n1c(CO)nc2cnc(Nc3ccnc(N4CC[C@@H](O)[C@@H](C(F)(F)F)C4)n3)cc21. The summed E-state index contributed by atoms with van der Waals surface area (Å²) in [7, 11) is 0. The fourth-order valence-electron chi connectivity index (χ4n) is 3.95. The first kappa shape index (κ1) is 22.2. The minimum Gasteiger partial charge on any atom is -0.392 e. The lowest BCUT2D eigenvalue weighted by atomic mass is 9.94. The van der Waals surface area contributed by atoms with E-state index in [9.17, 15) is 23.4 Å². The maximum absolute atomic E-state index is 13.2. The third-order valence-electron chi connectivity index (χ3n) is 5.49. The van der Waals surface area contributed by atoms with Crippen LogP contribution in [0.15, 0.2) is 24.5 Å². The molecule has 12 heteroatoms. The highest BCUT2D eigenvalue weighted by atomic mass is 19.4. The zero-order valence-electron chi connectivity index (χ0n) is 17.6. The van der Waals surface area contributed by atoms with Gasteiger partial charge in [-0.15, -0.1) is 0 Å². The van der Waals surface area contributed by atoms with Gasteiger partial charge < -0.3 is 25.0 Å². The third kappa shape index (κ3) is 4.32. The van der Waals surface area contributed by atoms with Gasteiger partial charge in [-0.25, -0.2) is 15.0 Å². The molecule has 1 aliphatic heterocycles. The van der Waals surface area contributed by atoms with Crippen molar-refractivity contribution in [3.05, 3.63) is 30.4 Å². The Morgan fingerprint density at radius 1 is 1.22 bits per heavy atom. The van der Waals surface area contributed by atoms with E-state index in [2.05, 4.69) is 25.3 Å². The average Bonchev–Trinajstić information content (AvgIpc) is 3.11. The number of pyridine rings is 1. The smallest absolute Gasteiger partial charge is 0.392 e. The van der Waals surface area contributed by atoms with E-state index in [1.165, 1.54) is 11.1 Å². The second kappa shape index (κ2) is 8.51. The van der Waals surface area contributed by atoms with Crippen molar-refractivity contribution in [2.75, 3.05) is 23.3 Å². The number of fused-ring (bicyclic) bond motifs is 1. The number of aromatic nitrogens is 5. The van der Waals surface area contributed by atoms with Crippen LogP contribution in [0.25, 0.3) is 11.0 Å². The molecule has 4 rings (SSSR count). The van der Waals surface area contributed by atoms with Gasteiger partial charge >= 0.3 is 6.18 Å². The van der Waals surface area contributed by atoms with Crippen molar-refractivity contribution in [1.29, 1.82) is 0 Å². The second-order valence-electron chi connectivity index (χ2n) is 8.03. The molecular weight excluding hydrogens is 427 g/mol. The molecule has 3 aromatic heterocycles. The van der Waals surface area contributed by atoms with Gasteiger partial charge in [0.25, 0.3) is 0 Å². The Hall–Kier alpha value is -2.99. The van der Waals surface area contributed by atoms with E-state index >= 15 is 0 Å². The zero-order valence-corrected chi connectivity index (χ0v) is 17.6. The molecule has 0 unspecified atom stereocenters. The van der Waals surface area contributed by atoms with Gasteiger partial charge in [-0.1, -0.05) is 0 Å². The molecule has 1 saturated heterocycles. The predicted molar refractivity (Wildman–Crippen MR) is 112 cm³/mol. The summed E-state index contributed by atoms with van der Waals surface area (Å²) in [6.07, 6.45) is -2.91. The molecule has 0 aliphatic carbocycles. The van der Waals surface area contributed by atoms with E-state index < -0.39 is 24.7 Å². The maximum atomic E-state index is 13.2. The Morgan fingerprint density at radius 2 is 2.00 bits per heavy atom. The van der Waals surface area contributed by atoms with Crippen LogP contribution in [0.5, 0.6) is 0 Å². The maximum Gasteiger partial charge on any atom is 0.395 e. The molecule has 4 heterocycles. The molecule has 0 spiro atoms. The predicted octanol–water partition coefficient (Wildman–Crippen LogP) is 2.79. The Labute approximate surface area is 182 Å². The number of piperidine rings is 1. The van der Waals surface area contributed by atoms with Crippen LogP contribution in [-0.2, 0) is 6.61 Å². The minimum atomic E-state index is -4.50. The van der Waals surface area contributed by atoms with Gasteiger partial charge in [0.1, 0.15) is 29.6 Å². The summed E-state index contributed by atoms with van der Waals surface area (Å²) in [5, 5.41) is 22.4. The Kier molecular flexibility index (Phi) is 5.91. The number of halogens is 3. The van der Waals surface area contributed by atoms with Crippen molar-refractivity contribution < 1.29 is 23.4 Å². The number of rotatable bonds is 5. The van der Waals surface area contributed by atoms with E-state index in [1.807, 2.05) is 18.4 Å². The van der Waals surface area contributed by atoms with E-state index in [1.54, 1.807) is 18.3 Å². The summed E-state index contributed by atoms with van der Waals surface area (Å²) in [5.41, 5.74) is 1.43. The van der Waals surface area contributed by atoms with Gasteiger partial charge in [-0.2, -0.15) is 18.2 Å². The molecule has 0 aromatic carbocycles.